The van der Waals surface area contributed by atoms with E-state index in [4.69, 9.17) is 5.73 Å². The molecule has 1 aliphatic heterocycles. The first kappa shape index (κ1) is 13.8. The Balaban J connectivity index is 2.21. The minimum atomic E-state index is -0.405. The first-order chi connectivity index (χ1) is 9.13. The van der Waals surface area contributed by atoms with Crippen LogP contribution in [0.2, 0.25) is 0 Å². The molecule has 4 heteroatoms. The van der Waals surface area contributed by atoms with Crippen molar-refractivity contribution < 1.29 is 9.18 Å². The van der Waals surface area contributed by atoms with E-state index in [2.05, 4.69) is 6.92 Å². The van der Waals surface area contributed by atoms with Gasteiger partial charge in [-0.05, 0) is 43.9 Å². The number of piperidine rings is 1. The lowest BCUT2D eigenvalue weighted by Crippen LogP contribution is -2.43. The second-order valence-electron chi connectivity index (χ2n) is 5.17. The Morgan fingerprint density at radius 2 is 2.26 bits per heavy atom. The van der Waals surface area contributed by atoms with E-state index >= 15 is 0 Å². The number of amides is 1. The van der Waals surface area contributed by atoms with E-state index in [1.54, 1.807) is 0 Å². The number of anilines is 1. The molecule has 1 atom stereocenters. The van der Waals surface area contributed by atoms with Gasteiger partial charge in [-0.15, -0.1) is 0 Å². The van der Waals surface area contributed by atoms with Gasteiger partial charge in [-0.3, -0.25) is 4.79 Å². The second kappa shape index (κ2) is 6.04. The molecule has 0 spiro atoms. The molecule has 0 aromatic heterocycles. The summed E-state index contributed by atoms with van der Waals surface area (Å²) >= 11 is 0. The zero-order valence-electron chi connectivity index (χ0n) is 11.4. The number of nitrogen functional groups attached to an aromatic ring is 1. The summed E-state index contributed by atoms with van der Waals surface area (Å²) in [5.74, 6) is -0.464. The molecule has 1 fully saturated rings. The highest BCUT2D eigenvalue weighted by molar-refractivity contribution is 5.99. The highest BCUT2D eigenvalue weighted by atomic mass is 19.1. The van der Waals surface area contributed by atoms with Gasteiger partial charge in [-0.2, -0.15) is 0 Å². The lowest BCUT2D eigenvalue weighted by molar-refractivity contribution is 0.0602. The van der Waals surface area contributed by atoms with Gasteiger partial charge in [-0.25, -0.2) is 4.39 Å². The van der Waals surface area contributed by atoms with Gasteiger partial charge in [0.2, 0.25) is 0 Å². The van der Waals surface area contributed by atoms with Crippen LogP contribution in [0.15, 0.2) is 18.2 Å². The van der Waals surface area contributed by atoms with Crippen molar-refractivity contribution in [1.29, 1.82) is 0 Å². The average Bonchev–Trinajstić information content (AvgIpc) is 2.39. The van der Waals surface area contributed by atoms with Crippen molar-refractivity contribution in [3.05, 3.63) is 29.6 Å². The minimum Gasteiger partial charge on any atom is -0.398 e. The highest BCUT2D eigenvalue weighted by Crippen LogP contribution is 2.25. The fourth-order valence-electron chi connectivity index (χ4n) is 2.78. The van der Waals surface area contributed by atoms with Gasteiger partial charge in [0, 0.05) is 18.3 Å². The number of hydrogen-bond acceptors (Lipinski definition) is 2. The van der Waals surface area contributed by atoms with Crippen LogP contribution in [0.5, 0.6) is 0 Å². The third-order valence-electron chi connectivity index (χ3n) is 3.75. The van der Waals surface area contributed by atoms with E-state index in [1.807, 2.05) is 4.90 Å². The van der Waals surface area contributed by atoms with Crippen LogP contribution in [-0.2, 0) is 0 Å². The van der Waals surface area contributed by atoms with Crippen molar-refractivity contribution in [3.8, 4) is 0 Å². The highest BCUT2D eigenvalue weighted by Gasteiger charge is 2.27. The van der Waals surface area contributed by atoms with Crippen molar-refractivity contribution >= 4 is 11.6 Å². The summed E-state index contributed by atoms with van der Waals surface area (Å²) in [4.78, 5) is 14.5. The number of benzene rings is 1. The van der Waals surface area contributed by atoms with Gasteiger partial charge in [0.1, 0.15) is 5.82 Å². The summed E-state index contributed by atoms with van der Waals surface area (Å²) in [7, 11) is 0. The van der Waals surface area contributed by atoms with Crippen LogP contribution in [0.1, 0.15) is 49.4 Å². The van der Waals surface area contributed by atoms with Gasteiger partial charge in [0.05, 0.1) is 5.56 Å². The van der Waals surface area contributed by atoms with E-state index in [9.17, 15) is 9.18 Å². The van der Waals surface area contributed by atoms with E-state index in [-0.39, 0.29) is 11.6 Å². The molecule has 1 amide bonds. The van der Waals surface area contributed by atoms with Crippen LogP contribution in [0.4, 0.5) is 10.1 Å². The van der Waals surface area contributed by atoms with Crippen molar-refractivity contribution in [2.45, 2.75) is 45.1 Å². The predicted octanol–water partition coefficient (Wildman–Crippen LogP) is 3.20. The molecule has 2 N–H and O–H groups in total. The van der Waals surface area contributed by atoms with Crippen LogP contribution < -0.4 is 5.73 Å². The summed E-state index contributed by atoms with van der Waals surface area (Å²) in [5.41, 5.74) is 6.41. The Morgan fingerprint density at radius 3 is 2.95 bits per heavy atom. The molecule has 1 unspecified atom stereocenters. The third kappa shape index (κ3) is 3.06. The normalized spacial score (nSPS) is 19.5. The summed E-state index contributed by atoms with van der Waals surface area (Å²) in [6.45, 7) is 2.91. The molecule has 0 bridgehead atoms. The number of likely N-dealkylation sites (tertiary alicyclic amines) is 1. The molecule has 1 aromatic carbocycles. The Hall–Kier alpha value is -1.58. The number of carbonyl (C=O) groups is 1. The molecule has 0 aliphatic carbocycles. The molecular weight excluding hydrogens is 243 g/mol. The number of nitrogens with two attached hydrogens (primary N) is 1. The molecule has 3 nitrogen and oxygen atoms in total. The fourth-order valence-corrected chi connectivity index (χ4v) is 2.78. The molecular formula is C15H21FN2O. The monoisotopic (exact) mass is 264 g/mol. The topological polar surface area (TPSA) is 46.3 Å². The third-order valence-corrected chi connectivity index (χ3v) is 3.75. The zero-order valence-corrected chi connectivity index (χ0v) is 11.4. The quantitative estimate of drug-likeness (QED) is 0.852. The molecule has 1 saturated heterocycles. The summed E-state index contributed by atoms with van der Waals surface area (Å²) < 4.78 is 13.0. The fraction of sp³-hybridized carbons (Fsp3) is 0.533. The van der Waals surface area contributed by atoms with E-state index in [0.29, 0.717) is 11.6 Å². The number of rotatable bonds is 3. The maximum Gasteiger partial charge on any atom is 0.256 e. The standard InChI is InChI=1S/C15H21FN2O/c1-2-5-12-6-3-4-9-18(12)15(19)13-8-7-11(16)10-14(13)17/h7-8,10,12H,2-6,9,17H2,1H3. The number of carbonyl (C=O) groups excluding carboxylic acids is 1. The zero-order chi connectivity index (χ0) is 13.8. The molecule has 0 radical (unpaired) electrons. The maximum absolute atomic E-state index is 13.0. The lowest BCUT2D eigenvalue weighted by Gasteiger charge is -2.36. The van der Waals surface area contributed by atoms with Gasteiger partial charge in [0.15, 0.2) is 0 Å². The molecule has 104 valence electrons. The van der Waals surface area contributed by atoms with Crippen molar-refractivity contribution in [2.75, 3.05) is 12.3 Å². The molecule has 1 aliphatic rings. The molecule has 0 saturated carbocycles. The van der Waals surface area contributed by atoms with E-state index in [1.165, 1.54) is 24.6 Å². The minimum absolute atomic E-state index is 0.0596. The Bertz CT molecular complexity index is 459. The van der Waals surface area contributed by atoms with Crippen LogP contribution >= 0.6 is 0 Å². The second-order valence-corrected chi connectivity index (χ2v) is 5.17. The van der Waals surface area contributed by atoms with Gasteiger partial charge in [0.25, 0.3) is 5.91 Å². The number of nitrogens with zero attached hydrogens (tertiary/aromatic N) is 1. The molecule has 2 rings (SSSR count). The largest absolute Gasteiger partial charge is 0.398 e. The van der Waals surface area contributed by atoms with Crippen molar-refractivity contribution in [2.24, 2.45) is 0 Å². The van der Waals surface area contributed by atoms with Crippen LogP contribution in [-0.4, -0.2) is 23.4 Å². The smallest absolute Gasteiger partial charge is 0.256 e. The van der Waals surface area contributed by atoms with Gasteiger partial charge in [-0.1, -0.05) is 13.3 Å². The van der Waals surface area contributed by atoms with Gasteiger partial charge < -0.3 is 10.6 Å². The Morgan fingerprint density at radius 1 is 1.47 bits per heavy atom. The number of hydrogen-bond donors (Lipinski definition) is 1. The van der Waals surface area contributed by atoms with E-state index in [0.717, 1.165) is 32.2 Å². The van der Waals surface area contributed by atoms with E-state index < -0.39 is 5.82 Å². The first-order valence-electron chi connectivity index (χ1n) is 6.99. The van der Waals surface area contributed by atoms with Crippen LogP contribution in [0.25, 0.3) is 0 Å². The lowest BCUT2D eigenvalue weighted by atomic mass is 9.97. The predicted molar refractivity (Wildman–Crippen MR) is 74.4 cm³/mol. The summed E-state index contributed by atoms with van der Waals surface area (Å²) in [6.07, 6.45) is 5.35. The Kier molecular flexibility index (Phi) is 4.40. The van der Waals surface area contributed by atoms with Crippen molar-refractivity contribution in [1.82, 2.24) is 4.90 Å². The van der Waals surface area contributed by atoms with Gasteiger partial charge >= 0.3 is 0 Å². The molecule has 1 heterocycles. The molecule has 19 heavy (non-hydrogen) atoms. The average molecular weight is 264 g/mol. The molecule has 1 aromatic rings. The van der Waals surface area contributed by atoms with Crippen LogP contribution in [0.3, 0.4) is 0 Å². The summed E-state index contributed by atoms with van der Waals surface area (Å²) in [6, 6.07) is 4.30. The summed E-state index contributed by atoms with van der Waals surface area (Å²) in [5, 5.41) is 0. The first-order valence-corrected chi connectivity index (χ1v) is 6.99. The Labute approximate surface area is 113 Å². The van der Waals surface area contributed by atoms with Crippen LogP contribution in [0, 0.1) is 5.82 Å². The number of halogens is 1. The van der Waals surface area contributed by atoms with Crippen molar-refractivity contribution in [3.63, 3.8) is 0 Å². The SMILES string of the molecule is CCCC1CCCCN1C(=O)c1ccc(F)cc1N. The maximum atomic E-state index is 13.0.